The van der Waals surface area contributed by atoms with Gasteiger partial charge in [0.1, 0.15) is 18.1 Å². The number of likely N-dealkylation sites (tertiary alicyclic amines) is 1. The number of nitrogens with one attached hydrogen (secondary N) is 1. The first-order valence-electron chi connectivity index (χ1n) is 9.40. The predicted molar refractivity (Wildman–Crippen MR) is 105 cm³/mol. The second-order valence-corrected chi connectivity index (χ2v) is 6.92. The lowest BCUT2D eigenvalue weighted by Gasteiger charge is -2.23. The van der Waals surface area contributed by atoms with Gasteiger partial charge in [0.05, 0.1) is 0 Å². The second-order valence-electron chi connectivity index (χ2n) is 6.92. The van der Waals surface area contributed by atoms with Crippen LogP contribution in [0, 0.1) is 0 Å². The molecule has 1 unspecified atom stereocenters. The van der Waals surface area contributed by atoms with Gasteiger partial charge in [-0.2, -0.15) is 0 Å². The van der Waals surface area contributed by atoms with Gasteiger partial charge in [-0.25, -0.2) is 0 Å². The zero-order valence-corrected chi connectivity index (χ0v) is 15.5. The van der Waals surface area contributed by atoms with Crippen molar-refractivity contribution in [1.82, 2.24) is 10.2 Å². The molecule has 1 fully saturated rings. The fourth-order valence-corrected chi connectivity index (χ4v) is 3.67. The van der Waals surface area contributed by atoms with Gasteiger partial charge in [-0.3, -0.25) is 4.79 Å². The van der Waals surface area contributed by atoms with E-state index in [0.29, 0.717) is 18.1 Å². The molecular weight excluding hydrogens is 340 g/mol. The van der Waals surface area contributed by atoms with Crippen molar-refractivity contribution in [3.05, 3.63) is 66.1 Å². The van der Waals surface area contributed by atoms with E-state index in [2.05, 4.69) is 17.4 Å². The average Bonchev–Trinajstić information content (AvgIpc) is 3.36. The molecule has 1 saturated heterocycles. The van der Waals surface area contributed by atoms with Crippen molar-refractivity contribution >= 4 is 16.7 Å². The van der Waals surface area contributed by atoms with Gasteiger partial charge < -0.3 is 19.4 Å². The van der Waals surface area contributed by atoms with Crippen LogP contribution in [-0.4, -0.2) is 37.0 Å². The Hall–Kier alpha value is -2.79. The van der Waals surface area contributed by atoms with Gasteiger partial charge in [0, 0.05) is 19.1 Å². The van der Waals surface area contributed by atoms with E-state index in [1.165, 1.54) is 5.39 Å². The maximum Gasteiger partial charge on any atom is 0.289 e. The van der Waals surface area contributed by atoms with Crippen molar-refractivity contribution in [2.45, 2.75) is 25.5 Å². The Morgan fingerprint density at radius 2 is 2.04 bits per heavy atom. The summed E-state index contributed by atoms with van der Waals surface area (Å²) < 4.78 is 11.6. The number of amides is 1. The lowest BCUT2D eigenvalue weighted by atomic mass is 10.1. The summed E-state index contributed by atoms with van der Waals surface area (Å²) in [5.74, 6) is 1.78. The molecule has 1 N–H and O–H groups in total. The third kappa shape index (κ3) is 3.83. The van der Waals surface area contributed by atoms with Gasteiger partial charge in [-0.15, -0.1) is 0 Å². The molecule has 1 aliphatic heterocycles. The van der Waals surface area contributed by atoms with E-state index in [9.17, 15) is 4.79 Å². The number of fused-ring (bicyclic) bond motifs is 1. The maximum atomic E-state index is 12.7. The third-order valence-electron chi connectivity index (χ3n) is 5.05. The van der Waals surface area contributed by atoms with Crippen LogP contribution in [-0.2, 0) is 6.61 Å². The van der Waals surface area contributed by atoms with E-state index >= 15 is 0 Å². The van der Waals surface area contributed by atoms with Gasteiger partial charge in [0.2, 0.25) is 0 Å². The largest absolute Gasteiger partial charge is 0.486 e. The molecule has 0 radical (unpaired) electrons. The third-order valence-corrected chi connectivity index (χ3v) is 5.05. The van der Waals surface area contributed by atoms with Crippen LogP contribution in [0.3, 0.4) is 0 Å². The minimum atomic E-state index is -0.0373. The van der Waals surface area contributed by atoms with Crippen LogP contribution in [0.4, 0.5) is 0 Å². The van der Waals surface area contributed by atoms with Crippen LogP contribution in [0.1, 0.15) is 29.2 Å². The molecule has 5 nitrogen and oxygen atoms in total. The number of carbonyl (C=O) groups is 1. The molecule has 3 aromatic rings. The standard InChI is InChI=1S/C22H24N2O3/c1-23-14-18-7-4-12-24(18)22(25)21-11-10-20(27-21)15-26-19-9-8-16-5-2-3-6-17(16)13-19/h2-3,5-6,8-11,13,18,23H,4,7,12,14-15H2,1H3. The number of rotatable bonds is 6. The SMILES string of the molecule is CNCC1CCCN1C(=O)c1ccc(COc2ccc3ccccc3c2)o1. The summed E-state index contributed by atoms with van der Waals surface area (Å²) >= 11 is 0. The normalized spacial score (nSPS) is 16.8. The van der Waals surface area contributed by atoms with Crippen LogP contribution < -0.4 is 10.1 Å². The number of ether oxygens (including phenoxy) is 1. The van der Waals surface area contributed by atoms with Gasteiger partial charge in [-0.1, -0.05) is 30.3 Å². The molecule has 0 bridgehead atoms. The fraction of sp³-hybridized carbons (Fsp3) is 0.318. The molecule has 1 atom stereocenters. The number of hydrogen-bond acceptors (Lipinski definition) is 4. The lowest BCUT2D eigenvalue weighted by molar-refractivity contribution is 0.0700. The number of carbonyl (C=O) groups excluding carboxylic acids is 1. The molecule has 1 aromatic heterocycles. The minimum Gasteiger partial charge on any atom is -0.486 e. The van der Waals surface area contributed by atoms with Crippen LogP contribution in [0.5, 0.6) is 5.75 Å². The summed E-state index contributed by atoms with van der Waals surface area (Å²) in [5, 5.41) is 5.47. The fourth-order valence-electron chi connectivity index (χ4n) is 3.67. The highest BCUT2D eigenvalue weighted by Gasteiger charge is 2.30. The number of benzene rings is 2. The molecule has 0 spiro atoms. The van der Waals surface area contributed by atoms with Gasteiger partial charge in [-0.05, 0) is 54.9 Å². The smallest absolute Gasteiger partial charge is 0.289 e. The van der Waals surface area contributed by atoms with E-state index < -0.39 is 0 Å². The average molecular weight is 364 g/mol. The molecular formula is C22H24N2O3. The van der Waals surface area contributed by atoms with Crippen molar-refractivity contribution in [3.63, 3.8) is 0 Å². The quantitative estimate of drug-likeness (QED) is 0.722. The van der Waals surface area contributed by atoms with Crippen molar-refractivity contribution in [2.24, 2.45) is 0 Å². The van der Waals surface area contributed by atoms with Crippen LogP contribution >= 0.6 is 0 Å². The predicted octanol–water partition coefficient (Wildman–Crippen LogP) is 3.84. The lowest BCUT2D eigenvalue weighted by Crippen LogP contribution is -2.40. The molecule has 5 heteroatoms. The van der Waals surface area contributed by atoms with Gasteiger partial charge in [0.25, 0.3) is 5.91 Å². The second kappa shape index (κ2) is 7.84. The van der Waals surface area contributed by atoms with Gasteiger partial charge >= 0.3 is 0 Å². The molecule has 1 aliphatic rings. The Balaban J connectivity index is 1.40. The molecule has 1 amide bonds. The van der Waals surface area contributed by atoms with E-state index in [-0.39, 0.29) is 11.9 Å². The summed E-state index contributed by atoms with van der Waals surface area (Å²) in [7, 11) is 1.91. The molecule has 27 heavy (non-hydrogen) atoms. The Morgan fingerprint density at radius 3 is 2.89 bits per heavy atom. The highest BCUT2D eigenvalue weighted by molar-refractivity contribution is 5.92. The van der Waals surface area contributed by atoms with Crippen LogP contribution in [0.15, 0.2) is 59.0 Å². The Bertz CT molecular complexity index is 934. The number of hydrogen-bond donors (Lipinski definition) is 1. The molecule has 2 heterocycles. The van der Waals surface area contributed by atoms with E-state index in [0.717, 1.165) is 37.1 Å². The first kappa shape index (κ1) is 17.6. The van der Waals surface area contributed by atoms with Crippen molar-refractivity contribution in [1.29, 1.82) is 0 Å². The maximum absolute atomic E-state index is 12.7. The number of nitrogens with zero attached hydrogens (tertiary/aromatic N) is 1. The van der Waals surface area contributed by atoms with E-state index in [1.54, 1.807) is 6.07 Å². The van der Waals surface area contributed by atoms with E-state index in [1.807, 2.05) is 48.3 Å². The molecule has 4 rings (SSSR count). The van der Waals surface area contributed by atoms with Crippen molar-refractivity contribution < 1.29 is 13.9 Å². The number of furan rings is 1. The summed E-state index contributed by atoms with van der Waals surface area (Å²) in [6.45, 7) is 1.89. The summed E-state index contributed by atoms with van der Waals surface area (Å²) in [5.41, 5.74) is 0. The topological polar surface area (TPSA) is 54.7 Å². The number of likely N-dealkylation sites (N-methyl/N-ethyl adjacent to an activating group) is 1. The molecule has 0 saturated carbocycles. The summed E-state index contributed by atoms with van der Waals surface area (Å²) in [6.07, 6.45) is 2.07. The first-order chi connectivity index (χ1) is 13.2. The van der Waals surface area contributed by atoms with Crippen LogP contribution in [0.2, 0.25) is 0 Å². The summed E-state index contributed by atoms with van der Waals surface area (Å²) in [4.78, 5) is 14.6. The minimum absolute atomic E-state index is 0.0373. The molecule has 2 aromatic carbocycles. The van der Waals surface area contributed by atoms with E-state index in [4.69, 9.17) is 9.15 Å². The Morgan fingerprint density at radius 1 is 1.19 bits per heavy atom. The Labute approximate surface area is 158 Å². The van der Waals surface area contributed by atoms with Crippen molar-refractivity contribution in [2.75, 3.05) is 20.1 Å². The highest BCUT2D eigenvalue weighted by Crippen LogP contribution is 2.23. The molecule has 0 aliphatic carbocycles. The zero-order valence-electron chi connectivity index (χ0n) is 15.5. The van der Waals surface area contributed by atoms with Crippen molar-refractivity contribution in [3.8, 4) is 5.75 Å². The zero-order chi connectivity index (χ0) is 18.6. The Kier molecular flexibility index (Phi) is 5.12. The highest BCUT2D eigenvalue weighted by atomic mass is 16.5. The molecule has 140 valence electrons. The monoisotopic (exact) mass is 364 g/mol. The first-order valence-corrected chi connectivity index (χ1v) is 9.40. The van der Waals surface area contributed by atoms with Crippen LogP contribution in [0.25, 0.3) is 10.8 Å². The summed E-state index contributed by atoms with van der Waals surface area (Å²) in [6, 6.07) is 18.0. The van der Waals surface area contributed by atoms with Gasteiger partial charge in [0.15, 0.2) is 5.76 Å².